The first-order chi connectivity index (χ1) is 16.5. The molecule has 1 amide bonds. The van der Waals surface area contributed by atoms with Gasteiger partial charge in [0.1, 0.15) is 17.3 Å². The molecule has 180 valence electrons. The van der Waals surface area contributed by atoms with Crippen LogP contribution in [0.1, 0.15) is 33.6 Å². The van der Waals surface area contributed by atoms with E-state index in [1.807, 2.05) is 47.7 Å². The van der Waals surface area contributed by atoms with Gasteiger partial charge in [0.15, 0.2) is 0 Å². The molecule has 1 atom stereocenters. The number of halogens is 1. The number of amides is 1. The van der Waals surface area contributed by atoms with E-state index < -0.39 is 0 Å². The number of phenolic OH excluding ortho intramolecular Hbond substituents is 1. The fourth-order valence-corrected chi connectivity index (χ4v) is 5.49. The van der Waals surface area contributed by atoms with Crippen LogP contribution in [0.15, 0.2) is 60.0 Å². The molecule has 1 aliphatic rings. The maximum atomic E-state index is 14.5. The molecule has 1 N–H and O–H groups in total. The molecule has 7 heteroatoms. The van der Waals surface area contributed by atoms with Crippen molar-refractivity contribution < 1.29 is 19.0 Å². The summed E-state index contributed by atoms with van der Waals surface area (Å²) in [5.41, 5.74) is 1.48. The molecule has 1 aromatic heterocycles. The Morgan fingerprint density at radius 3 is 2.62 bits per heavy atom. The third-order valence-corrected chi connectivity index (χ3v) is 7.65. The molecule has 2 heterocycles. The lowest BCUT2D eigenvalue weighted by atomic mass is 9.84. The summed E-state index contributed by atoms with van der Waals surface area (Å²) in [4.78, 5) is 18.0. The highest BCUT2D eigenvalue weighted by Gasteiger charge is 2.33. The molecule has 1 fully saturated rings. The summed E-state index contributed by atoms with van der Waals surface area (Å²) in [6, 6.07) is 15.7. The van der Waals surface area contributed by atoms with Crippen molar-refractivity contribution in [3.63, 3.8) is 0 Å². The van der Waals surface area contributed by atoms with E-state index in [1.165, 1.54) is 17.4 Å². The molecule has 5 nitrogen and oxygen atoms in total. The Bertz CT molecular complexity index is 1100. The van der Waals surface area contributed by atoms with Gasteiger partial charge >= 0.3 is 0 Å². The van der Waals surface area contributed by atoms with Gasteiger partial charge in [0.2, 0.25) is 0 Å². The van der Waals surface area contributed by atoms with Crippen LogP contribution in [0.25, 0.3) is 0 Å². The Labute approximate surface area is 204 Å². The summed E-state index contributed by atoms with van der Waals surface area (Å²) in [5.74, 6) is 1.00. The average molecular weight is 483 g/mol. The van der Waals surface area contributed by atoms with Crippen LogP contribution in [0.5, 0.6) is 11.5 Å². The Balaban J connectivity index is 1.47. The number of rotatable bonds is 8. The van der Waals surface area contributed by atoms with Gasteiger partial charge in [-0.3, -0.25) is 9.69 Å². The van der Waals surface area contributed by atoms with Crippen molar-refractivity contribution in [2.45, 2.75) is 31.8 Å². The molecule has 1 saturated heterocycles. The average Bonchev–Trinajstić information content (AvgIpc) is 3.40. The molecular formula is C27H31FN2O3S. The van der Waals surface area contributed by atoms with Crippen LogP contribution in [-0.2, 0) is 13.0 Å². The van der Waals surface area contributed by atoms with Crippen LogP contribution < -0.4 is 4.74 Å². The van der Waals surface area contributed by atoms with Crippen LogP contribution in [0.4, 0.5) is 4.39 Å². The van der Waals surface area contributed by atoms with Crippen LogP contribution in [-0.4, -0.2) is 54.1 Å². The predicted molar refractivity (Wildman–Crippen MR) is 133 cm³/mol. The Hall–Kier alpha value is -2.90. The van der Waals surface area contributed by atoms with Gasteiger partial charge in [0.25, 0.3) is 5.91 Å². The number of likely N-dealkylation sites (tertiary alicyclic amines) is 1. The normalized spacial score (nSPS) is 15.7. The number of phenols is 1. The first-order valence-corrected chi connectivity index (χ1v) is 12.5. The van der Waals surface area contributed by atoms with Gasteiger partial charge in [-0.05, 0) is 79.5 Å². The molecule has 0 aliphatic carbocycles. The molecule has 34 heavy (non-hydrogen) atoms. The van der Waals surface area contributed by atoms with Gasteiger partial charge < -0.3 is 14.7 Å². The molecule has 3 aromatic rings. The summed E-state index contributed by atoms with van der Waals surface area (Å²) in [5, 5.41) is 12.2. The minimum atomic E-state index is -0.226. The SMILES string of the molecule is COc1ccc(O)c(CN2CCC(C(Cc3ccccc3F)N(C)C(=O)c3cccs3)CC2)c1. The summed E-state index contributed by atoms with van der Waals surface area (Å²) in [7, 11) is 3.46. The van der Waals surface area contributed by atoms with Crippen LogP contribution in [0, 0.1) is 11.7 Å². The highest BCUT2D eigenvalue weighted by atomic mass is 32.1. The number of hydrogen-bond acceptors (Lipinski definition) is 5. The first-order valence-electron chi connectivity index (χ1n) is 11.6. The first kappa shape index (κ1) is 24.2. The Morgan fingerprint density at radius 1 is 1.18 bits per heavy atom. The number of nitrogens with zero attached hydrogens (tertiary/aromatic N) is 2. The second-order valence-corrected chi connectivity index (χ2v) is 9.81. The van der Waals surface area contributed by atoms with Gasteiger partial charge in [-0.15, -0.1) is 11.3 Å². The largest absolute Gasteiger partial charge is 0.508 e. The van der Waals surface area contributed by atoms with Gasteiger partial charge in [-0.1, -0.05) is 24.3 Å². The zero-order valence-corrected chi connectivity index (χ0v) is 20.4. The standard InChI is InChI=1S/C27H31FN2O3S/c1-29(27(32)26-8-5-15-34-26)24(17-20-6-3-4-7-23(20)28)19-11-13-30(14-12-19)18-21-16-22(33-2)9-10-25(21)31/h3-10,15-16,19,24,31H,11-14,17-18H2,1-2H3. The molecule has 0 saturated carbocycles. The number of thiophene rings is 1. The van der Waals surface area contributed by atoms with Gasteiger partial charge in [0.05, 0.1) is 12.0 Å². The summed E-state index contributed by atoms with van der Waals surface area (Å²) in [6.45, 7) is 2.32. The minimum Gasteiger partial charge on any atom is -0.508 e. The van der Waals surface area contributed by atoms with E-state index in [4.69, 9.17) is 4.74 Å². The van der Waals surface area contributed by atoms with Crippen LogP contribution in [0.2, 0.25) is 0 Å². The van der Waals surface area contributed by atoms with Gasteiger partial charge in [0, 0.05) is 25.2 Å². The topological polar surface area (TPSA) is 53.0 Å². The van der Waals surface area contributed by atoms with E-state index in [1.54, 1.807) is 25.3 Å². The summed E-state index contributed by atoms with van der Waals surface area (Å²) in [6.07, 6.45) is 2.28. The van der Waals surface area contributed by atoms with Crippen molar-refractivity contribution in [2.75, 3.05) is 27.2 Å². The van der Waals surface area contributed by atoms with Gasteiger partial charge in [-0.2, -0.15) is 0 Å². The van der Waals surface area contributed by atoms with Crippen LogP contribution in [0.3, 0.4) is 0 Å². The third-order valence-electron chi connectivity index (χ3n) is 6.79. The quantitative estimate of drug-likeness (QED) is 0.480. The van der Waals surface area contributed by atoms with Crippen molar-refractivity contribution in [1.29, 1.82) is 0 Å². The van der Waals surface area contributed by atoms with Crippen molar-refractivity contribution in [1.82, 2.24) is 9.80 Å². The summed E-state index contributed by atoms with van der Waals surface area (Å²) < 4.78 is 19.8. The van der Waals surface area contributed by atoms with E-state index in [0.29, 0.717) is 23.4 Å². The molecule has 1 aliphatic heterocycles. The molecule has 0 spiro atoms. The van der Waals surface area contributed by atoms with Gasteiger partial charge in [-0.25, -0.2) is 4.39 Å². The molecule has 2 aromatic carbocycles. The van der Waals surface area contributed by atoms with E-state index in [9.17, 15) is 14.3 Å². The smallest absolute Gasteiger partial charge is 0.263 e. The van der Waals surface area contributed by atoms with Crippen molar-refractivity contribution >= 4 is 17.2 Å². The zero-order valence-electron chi connectivity index (χ0n) is 19.6. The van der Waals surface area contributed by atoms with E-state index in [-0.39, 0.29) is 29.4 Å². The molecule has 0 radical (unpaired) electrons. The van der Waals surface area contributed by atoms with Crippen molar-refractivity contribution in [2.24, 2.45) is 5.92 Å². The number of carbonyl (C=O) groups excluding carboxylic acids is 1. The fourth-order valence-electron chi connectivity index (χ4n) is 4.79. The zero-order chi connectivity index (χ0) is 24.1. The number of hydrogen-bond donors (Lipinski definition) is 1. The number of ether oxygens (including phenoxy) is 1. The van der Waals surface area contributed by atoms with E-state index in [2.05, 4.69) is 4.90 Å². The van der Waals surface area contributed by atoms with Crippen molar-refractivity contribution in [3.8, 4) is 11.5 Å². The second-order valence-electron chi connectivity index (χ2n) is 8.86. The number of methoxy groups -OCH3 is 1. The highest BCUT2D eigenvalue weighted by molar-refractivity contribution is 7.12. The Morgan fingerprint density at radius 2 is 1.94 bits per heavy atom. The van der Waals surface area contributed by atoms with Crippen molar-refractivity contribution in [3.05, 3.63) is 81.8 Å². The van der Waals surface area contributed by atoms with E-state index >= 15 is 0 Å². The minimum absolute atomic E-state index is 0.0138. The van der Waals surface area contributed by atoms with E-state index in [0.717, 1.165) is 37.2 Å². The number of likely N-dealkylation sites (N-methyl/N-ethyl adjacent to an activating group) is 1. The molecular weight excluding hydrogens is 451 g/mol. The second kappa shape index (κ2) is 11.0. The predicted octanol–water partition coefficient (Wildman–Crippen LogP) is 5.20. The third kappa shape index (κ3) is 5.59. The monoisotopic (exact) mass is 482 g/mol. The van der Waals surface area contributed by atoms with Crippen LogP contribution >= 0.6 is 11.3 Å². The fraction of sp³-hybridized carbons (Fsp3) is 0.370. The summed E-state index contributed by atoms with van der Waals surface area (Å²) >= 11 is 1.43. The molecule has 4 rings (SSSR count). The lowest BCUT2D eigenvalue weighted by molar-refractivity contribution is 0.0587. The Kier molecular flexibility index (Phi) is 7.85. The maximum absolute atomic E-state index is 14.5. The maximum Gasteiger partial charge on any atom is 0.263 e. The number of piperidine rings is 1. The molecule has 1 unspecified atom stereocenters. The molecule has 0 bridgehead atoms. The number of aromatic hydroxyl groups is 1. The lowest BCUT2D eigenvalue weighted by Crippen LogP contribution is -2.47. The highest BCUT2D eigenvalue weighted by Crippen LogP contribution is 2.31. The number of benzene rings is 2. The lowest BCUT2D eigenvalue weighted by Gasteiger charge is -2.40. The number of carbonyl (C=O) groups is 1.